The summed E-state index contributed by atoms with van der Waals surface area (Å²) in [6, 6.07) is 7.25. The number of amides is 2. The number of likely N-dealkylation sites (tertiary alicyclic amines) is 1. The van der Waals surface area contributed by atoms with Crippen LogP contribution in [0.4, 0.5) is 11.5 Å². The van der Waals surface area contributed by atoms with Gasteiger partial charge in [0.1, 0.15) is 0 Å². The predicted molar refractivity (Wildman–Crippen MR) is 107 cm³/mol. The maximum absolute atomic E-state index is 12.5. The zero-order chi connectivity index (χ0) is 19.2. The van der Waals surface area contributed by atoms with E-state index < -0.39 is 0 Å². The number of nitrogens with one attached hydrogen (secondary N) is 2. The van der Waals surface area contributed by atoms with Crippen LogP contribution in [0, 0.1) is 5.92 Å². The summed E-state index contributed by atoms with van der Waals surface area (Å²) in [5.41, 5.74) is 0.772. The fraction of sp³-hybridized carbons (Fsp3) is 0.368. The van der Waals surface area contributed by atoms with Crippen LogP contribution in [-0.4, -0.2) is 45.8 Å². The summed E-state index contributed by atoms with van der Waals surface area (Å²) in [6.45, 7) is 3.30. The Morgan fingerprint density at radius 2 is 1.85 bits per heavy atom. The normalized spacial score (nSPS) is 16.5. The van der Waals surface area contributed by atoms with Crippen molar-refractivity contribution in [3.63, 3.8) is 0 Å². The molecular weight excluding hydrogens is 410 g/mol. The molecule has 2 amide bonds. The Morgan fingerprint density at radius 3 is 2.48 bits per heavy atom. The number of aromatic nitrogens is 2. The number of benzene rings is 1. The molecule has 0 bridgehead atoms. The molecule has 27 heavy (non-hydrogen) atoms. The van der Waals surface area contributed by atoms with Gasteiger partial charge in [0.2, 0.25) is 11.8 Å². The zero-order valence-corrected chi connectivity index (χ0v) is 16.6. The number of nitrogens with zero attached hydrogens (tertiary/aromatic N) is 3. The SMILES string of the molecule is C[C@@H](C(=O)Nc1ccc(Br)cc1)N1CCC(C(=O)Nc2cnccn2)CC1. The first-order valence-electron chi connectivity index (χ1n) is 8.90. The molecule has 2 heterocycles. The van der Waals surface area contributed by atoms with Gasteiger partial charge >= 0.3 is 0 Å². The van der Waals surface area contributed by atoms with Gasteiger partial charge in [-0.05, 0) is 57.1 Å². The number of halogens is 1. The van der Waals surface area contributed by atoms with Crippen LogP contribution in [-0.2, 0) is 9.59 Å². The molecule has 3 rings (SSSR count). The highest BCUT2D eigenvalue weighted by Gasteiger charge is 2.30. The minimum absolute atomic E-state index is 0.0397. The molecule has 1 aromatic heterocycles. The van der Waals surface area contributed by atoms with Crippen molar-refractivity contribution >= 4 is 39.2 Å². The number of rotatable bonds is 5. The lowest BCUT2D eigenvalue weighted by molar-refractivity contribution is -0.123. The van der Waals surface area contributed by atoms with Gasteiger partial charge in [0.15, 0.2) is 5.82 Å². The van der Waals surface area contributed by atoms with Crippen molar-refractivity contribution in [1.29, 1.82) is 0 Å². The van der Waals surface area contributed by atoms with E-state index in [9.17, 15) is 9.59 Å². The predicted octanol–water partition coefficient (Wildman–Crippen LogP) is 2.92. The zero-order valence-electron chi connectivity index (χ0n) is 15.1. The highest BCUT2D eigenvalue weighted by atomic mass is 79.9. The fourth-order valence-corrected chi connectivity index (χ4v) is 3.35. The average molecular weight is 432 g/mol. The first-order valence-corrected chi connectivity index (χ1v) is 9.69. The van der Waals surface area contributed by atoms with Crippen LogP contribution in [0.5, 0.6) is 0 Å². The van der Waals surface area contributed by atoms with Crippen LogP contribution in [0.3, 0.4) is 0 Å². The number of hydrogen-bond acceptors (Lipinski definition) is 5. The maximum atomic E-state index is 12.5. The first kappa shape index (κ1) is 19.4. The van der Waals surface area contributed by atoms with Gasteiger partial charge in [0.05, 0.1) is 12.2 Å². The molecule has 1 atom stereocenters. The second-order valence-electron chi connectivity index (χ2n) is 6.56. The van der Waals surface area contributed by atoms with Gasteiger partial charge in [-0.2, -0.15) is 0 Å². The summed E-state index contributed by atoms with van der Waals surface area (Å²) < 4.78 is 0.968. The van der Waals surface area contributed by atoms with Gasteiger partial charge in [-0.1, -0.05) is 15.9 Å². The van der Waals surface area contributed by atoms with E-state index in [4.69, 9.17) is 0 Å². The summed E-state index contributed by atoms with van der Waals surface area (Å²) in [4.78, 5) is 35.0. The summed E-state index contributed by atoms with van der Waals surface area (Å²) >= 11 is 3.38. The van der Waals surface area contributed by atoms with Crippen LogP contribution >= 0.6 is 15.9 Å². The molecule has 1 aliphatic heterocycles. The largest absolute Gasteiger partial charge is 0.325 e. The quantitative estimate of drug-likeness (QED) is 0.759. The molecule has 0 unspecified atom stereocenters. The first-order chi connectivity index (χ1) is 13.0. The van der Waals surface area contributed by atoms with Crippen molar-refractivity contribution in [2.45, 2.75) is 25.8 Å². The van der Waals surface area contributed by atoms with Gasteiger partial charge in [-0.25, -0.2) is 4.98 Å². The number of carbonyl (C=O) groups is 2. The minimum Gasteiger partial charge on any atom is -0.325 e. The third kappa shape index (κ3) is 5.33. The van der Waals surface area contributed by atoms with Gasteiger partial charge < -0.3 is 10.6 Å². The van der Waals surface area contributed by atoms with E-state index in [1.807, 2.05) is 31.2 Å². The fourth-order valence-electron chi connectivity index (χ4n) is 3.09. The van der Waals surface area contributed by atoms with E-state index in [1.54, 1.807) is 12.4 Å². The summed E-state index contributed by atoms with van der Waals surface area (Å²) in [5, 5.41) is 5.74. The van der Waals surface area contributed by atoms with Gasteiger partial charge in [0.25, 0.3) is 0 Å². The molecule has 2 aromatic rings. The highest BCUT2D eigenvalue weighted by Crippen LogP contribution is 2.21. The Bertz CT molecular complexity index is 776. The van der Waals surface area contributed by atoms with E-state index >= 15 is 0 Å². The summed E-state index contributed by atoms with van der Waals surface area (Å²) in [7, 11) is 0. The summed E-state index contributed by atoms with van der Waals surface area (Å²) in [5.74, 6) is 0.305. The van der Waals surface area contributed by atoms with E-state index in [-0.39, 0.29) is 23.8 Å². The van der Waals surface area contributed by atoms with Gasteiger partial charge in [0, 0.05) is 28.5 Å². The van der Waals surface area contributed by atoms with Gasteiger partial charge in [-0.15, -0.1) is 0 Å². The van der Waals surface area contributed by atoms with Crippen molar-refractivity contribution in [1.82, 2.24) is 14.9 Å². The Kier molecular flexibility index (Phi) is 6.52. The lowest BCUT2D eigenvalue weighted by Crippen LogP contribution is -2.47. The van der Waals surface area contributed by atoms with Crippen LogP contribution in [0.2, 0.25) is 0 Å². The van der Waals surface area contributed by atoms with Gasteiger partial charge in [-0.3, -0.25) is 19.5 Å². The molecule has 0 radical (unpaired) electrons. The average Bonchev–Trinajstić information content (AvgIpc) is 2.70. The van der Waals surface area contributed by atoms with Crippen molar-refractivity contribution < 1.29 is 9.59 Å². The van der Waals surface area contributed by atoms with Crippen molar-refractivity contribution in [2.75, 3.05) is 23.7 Å². The monoisotopic (exact) mass is 431 g/mol. The molecular formula is C19H22BrN5O2. The topological polar surface area (TPSA) is 87.2 Å². The van der Waals surface area contributed by atoms with Crippen molar-refractivity contribution in [3.8, 4) is 0 Å². The van der Waals surface area contributed by atoms with E-state index in [0.29, 0.717) is 31.7 Å². The van der Waals surface area contributed by atoms with Crippen LogP contribution in [0.25, 0.3) is 0 Å². The molecule has 1 aromatic carbocycles. The standard InChI is InChI=1S/C19H22BrN5O2/c1-13(18(26)23-16-4-2-15(20)3-5-16)25-10-6-14(7-11-25)19(27)24-17-12-21-8-9-22-17/h2-5,8-9,12-14H,6-7,10-11H2,1H3,(H,23,26)(H,22,24,27)/t13-/m0/s1. The Labute approximate surface area is 166 Å². The van der Waals surface area contributed by atoms with Crippen molar-refractivity contribution in [3.05, 3.63) is 47.3 Å². The van der Waals surface area contributed by atoms with E-state index in [0.717, 1.165) is 10.2 Å². The second kappa shape index (κ2) is 9.05. The highest BCUT2D eigenvalue weighted by molar-refractivity contribution is 9.10. The summed E-state index contributed by atoms with van der Waals surface area (Å²) in [6.07, 6.45) is 6.06. The second-order valence-corrected chi connectivity index (χ2v) is 7.48. The molecule has 142 valence electrons. The van der Waals surface area contributed by atoms with Crippen LogP contribution in [0.15, 0.2) is 47.3 Å². The molecule has 1 saturated heterocycles. The molecule has 1 aliphatic rings. The van der Waals surface area contributed by atoms with E-state index in [2.05, 4.69) is 41.4 Å². The number of anilines is 2. The Hall–Kier alpha value is -2.32. The minimum atomic E-state index is -0.252. The molecule has 0 spiro atoms. The molecule has 1 fully saturated rings. The van der Waals surface area contributed by atoms with Crippen molar-refractivity contribution in [2.24, 2.45) is 5.92 Å². The number of piperidine rings is 1. The molecule has 2 N–H and O–H groups in total. The number of carbonyl (C=O) groups excluding carboxylic acids is 2. The molecule has 0 aliphatic carbocycles. The molecule has 0 saturated carbocycles. The van der Waals surface area contributed by atoms with E-state index in [1.165, 1.54) is 6.20 Å². The maximum Gasteiger partial charge on any atom is 0.241 e. The molecule has 7 nitrogen and oxygen atoms in total. The lowest BCUT2D eigenvalue weighted by atomic mass is 9.95. The van der Waals surface area contributed by atoms with Crippen LogP contribution < -0.4 is 10.6 Å². The number of hydrogen-bond donors (Lipinski definition) is 2. The molecule has 8 heteroatoms. The smallest absolute Gasteiger partial charge is 0.241 e. The Balaban J connectivity index is 1.48. The Morgan fingerprint density at radius 1 is 1.15 bits per heavy atom. The third-order valence-corrected chi connectivity index (χ3v) is 5.28. The third-order valence-electron chi connectivity index (χ3n) is 4.75. The van der Waals surface area contributed by atoms with Crippen LogP contribution in [0.1, 0.15) is 19.8 Å². The lowest BCUT2D eigenvalue weighted by Gasteiger charge is -2.34.